The number of benzene rings is 1. The van der Waals surface area contributed by atoms with Crippen molar-refractivity contribution in [3.05, 3.63) is 71.7 Å². The van der Waals surface area contributed by atoms with E-state index in [2.05, 4.69) is 20.7 Å². The first kappa shape index (κ1) is 17.5. The number of carbonyl (C=O) groups is 1. The number of aryl methyl sites for hydroxylation is 1. The van der Waals surface area contributed by atoms with Gasteiger partial charge < -0.3 is 10.6 Å². The standard InChI is InChI=1S/C18H17F2N5O/c1-25-11-14(10-24-25)17-13(3-2-6-21-17)9-23-18(26)22-8-12-4-5-15(19)7-16(12)20/h2-7,10-11H,8-9H2,1H3,(H2,22,23,26). The van der Waals surface area contributed by atoms with Gasteiger partial charge in [-0.25, -0.2) is 13.6 Å². The highest BCUT2D eigenvalue weighted by atomic mass is 19.1. The van der Waals surface area contributed by atoms with Gasteiger partial charge in [0.1, 0.15) is 11.6 Å². The highest BCUT2D eigenvalue weighted by Gasteiger charge is 2.10. The molecule has 8 heteroatoms. The fraction of sp³-hybridized carbons (Fsp3) is 0.167. The maximum atomic E-state index is 13.6. The van der Waals surface area contributed by atoms with Crippen molar-refractivity contribution in [2.75, 3.05) is 0 Å². The number of aromatic nitrogens is 3. The predicted molar refractivity (Wildman–Crippen MR) is 91.9 cm³/mol. The quantitative estimate of drug-likeness (QED) is 0.738. The van der Waals surface area contributed by atoms with Crippen LogP contribution < -0.4 is 10.6 Å². The van der Waals surface area contributed by atoms with Gasteiger partial charge in [-0.1, -0.05) is 12.1 Å². The van der Waals surface area contributed by atoms with Crippen LogP contribution in [-0.4, -0.2) is 20.8 Å². The van der Waals surface area contributed by atoms with Crippen molar-refractivity contribution in [1.82, 2.24) is 25.4 Å². The molecule has 0 atom stereocenters. The molecule has 0 saturated heterocycles. The summed E-state index contributed by atoms with van der Waals surface area (Å²) in [6.45, 7) is 0.205. The average Bonchev–Trinajstić information content (AvgIpc) is 3.05. The average molecular weight is 357 g/mol. The minimum Gasteiger partial charge on any atom is -0.334 e. The minimum absolute atomic E-state index is 0.0412. The van der Waals surface area contributed by atoms with E-state index in [1.165, 1.54) is 6.07 Å². The molecule has 0 fully saturated rings. The number of amides is 2. The summed E-state index contributed by atoms with van der Waals surface area (Å²) in [5, 5.41) is 9.37. The molecule has 2 N–H and O–H groups in total. The van der Waals surface area contributed by atoms with Crippen molar-refractivity contribution in [1.29, 1.82) is 0 Å². The Morgan fingerprint density at radius 1 is 1.15 bits per heavy atom. The summed E-state index contributed by atoms with van der Waals surface area (Å²) in [5.74, 6) is -1.35. The predicted octanol–water partition coefficient (Wildman–Crippen LogP) is 2.76. The fourth-order valence-corrected chi connectivity index (χ4v) is 2.46. The number of urea groups is 1. The molecule has 2 aromatic heterocycles. The molecule has 0 aliphatic heterocycles. The van der Waals surface area contributed by atoms with Crippen LogP contribution in [-0.2, 0) is 20.1 Å². The van der Waals surface area contributed by atoms with Crippen LogP contribution in [0.4, 0.5) is 13.6 Å². The van der Waals surface area contributed by atoms with Gasteiger partial charge in [0.15, 0.2) is 0 Å². The Morgan fingerprint density at radius 3 is 2.62 bits per heavy atom. The molecule has 1 aromatic carbocycles. The molecule has 134 valence electrons. The van der Waals surface area contributed by atoms with E-state index < -0.39 is 17.7 Å². The lowest BCUT2D eigenvalue weighted by Gasteiger charge is -2.10. The Morgan fingerprint density at radius 2 is 1.92 bits per heavy atom. The van der Waals surface area contributed by atoms with E-state index in [9.17, 15) is 13.6 Å². The molecule has 0 spiro atoms. The van der Waals surface area contributed by atoms with Crippen molar-refractivity contribution < 1.29 is 13.6 Å². The van der Waals surface area contributed by atoms with E-state index >= 15 is 0 Å². The molecule has 0 aliphatic rings. The molecule has 0 bridgehead atoms. The summed E-state index contributed by atoms with van der Waals surface area (Å²) in [6.07, 6.45) is 5.20. The van der Waals surface area contributed by atoms with Crippen LogP contribution in [0, 0.1) is 11.6 Å². The van der Waals surface area contributed by atoms with Gasteiger partial charge in [0.2, 0.25) is 0 Å². The number of rotatable bonds is 5. The maximum absolute atomic E-state index is 13.6. The molecular formula is C18H17F2N5O. The third-order valence-electron chi connectivity index (χ3n) is 3.76. The van der Waals surface area contributed by atoms with Crippen molar-refractivity contribution >= 4 is 6.03 Å². The van der Waals surface area contributed by atoms with E-state index in [-0.39, 0.29) is 18.7 Å². The molecule has 0 radical (unpaired) electrons. The number of pyridine rings is 1. The van der Waals surface area contributed by atoms with Crippen LogP contribution in [0.3, 0.4) is 0 Å². The maximum Gasteiger partial charge on any atom is 0.315 e. The number of hydrogen-bond acceptors (Lipinski definition) is 3. The normalized spacial score (nSPS) is 10.6. The van der Waals surface area contributed by atoms with Crippen LogP contribution in [0.25, 0.3) is 11.3 Å². The van der Waals surface area contributed by atoms with Crippen molar-refractivity contribution in [2.45, 2.75) is 13.1 Å². The summed E-state index contributed by atoms with van der Waals surface area (Å²) < 4.78 is 28.1. The molecule has 2 heterocycles. The first-order valence-corrected chi connectivity index (χ1v) is 7.91. The van der Waals surface area contributed by atoms with Crippen LogP contribution in [0.2, 0.25) is 0 Å². The van der Waals surface area contributed by atoms with E-state index in [0.29, 0.717) is 0 Å². The van der Waals surface area contributed by atoms with Crippen molar-refractivity contribution in [2.24, 2.45) is 7.05 Å². The van der Waals surface area contributed by atoms with E-state index in [0.717, 1.165) is 29.0 Å². The second kappa shape index (κ2) is 7.73. The highest BCUT2D eigenvalue weighted by molar-refractivity contribution is 5.74. The summed E-state index contributed by atoms with van der Waals surface area (Å²) in [6, 6.07) is 6.40. The van der Waals surface area contributed by atoms with Gasteiger partial charge in [0, 0.05) is 49.7 Å². The second-order valence-electron chi connectivity index (χ2n) is 5.69. The van der Waals surface area contributed by atoms with Crippen LogP contribution in [0.15, 0.2) is 48.9 Å². The van der Waals surface area contributed by atoms with Crippen molar-refractivity contribution in [3.8, 4) is 11.3 Å². The molecular weight excluding hydrogens is 340 g/mol. The zero-order chi connectivity index (χ0) is 18.5. The summed E-state index contributed by atoms with van der Waals surface area (Å²) in [4.78, 5) is 16.3. The Bertz CT molecular complexity index is 925. The van der Waals surface area contributed by atoms with Crippen molar-refractivity contribution in [3.63, 3.8) is 0 Å². The molecule has 3 aromatic rings. The molecule has 6 nitrogen and oxygen atoms in total. The Hall–Kier alpha value is -3.29. The van der Waals surface area contributed by atoms with E-state index in [1.54, 1.807) is 23.1 Å². The SMILES string of the molecule is Cn1cc(-c2ncccc2CNC(=O)NCc2ccc(F)cc2F)cn1. The molecule has 3 rings (SSSR count). The van der Waals surface area contributed by atoms with Gasteiger partial charge in [-0.05, 0) is 17.7 Å². The third-order valence-corrected chi connectivity index (χ3v) is 3.76. The second-order valence-corrected chi connectivity index (χ2v) is 5.69. The lowest BCUT2D eigenvalue weighted by molar-refractivity contribution is 0.240. The van der Waals surface area contributed by atoms with Gasteiger partial charge >= 0.3 is 6.03 Å². The number of halogens is 2. The number of nitrogens with zero attached hydrogens (tertiary/aromatic N) is 3. The summed E-state index contributed by atoms with van der Waals surface area (Å²) in [5.41, 5.74) is 2.60. The zero-order valence-corrected chi connectivity index (χ0v) is 14.0. The molecule has 0 aliphatic carbocycles. The molecule has 0 saturated carbocycles. The minimum atomic E-state index is -0.698. The monoisotopic (exact) mass is 357 g/mol. The largest absolute Gasteiger partial charge is 0.334 e. The summed E-state index contributed by atoms with van der Waals surface area (Å²) in [7, 11) is 1.81. The van der Waals surface area contributed by atoms with Gasteiger partial charge in [-0.3, -0.25) is 9.67 Å². The van der Waals surface area contributed by atoms with Gasteiger partial charge in [-0.15, -0.1) is 0 Å². The lowest BCUT2D eigenvalue weighted by Crippen LogP contribution is -2.34. The number of hydrogen-bond donors (Lipinski definition) is 2. The highest BCUT2D eigenvalue weighted by Crippen LogP contribution is 2.20. The smallest absolute Gasteiger partial charge is 0.315 e. The Balaban J connectivity index is 1.60. The molecule has 26 heavy (non-hydrogen) atoms. The topological polar surface area (TPSA) is 71.8 Å². The van der Waals surface area contributed by atoms with Crippen LogP contribution in [0.5, 0.6) is 0 Å². The zero-order valence-electron chi connectivity index (χ0n) is 14.0. The number of carbonyl (C=O) groups excluding carboxylic acids is 1. The van der Waals surface area contributed by atoms with E-state index in [4.69, 9.17) is 0 Å². The Kier molecular flexibility index (Phi) is 5.21. The first-order valence-electron chi connectivity index (χ1n) is 7.91. The van der Waals surface area contributed by atoms with E-state index in [1.807, 2.05) is 19.3 Å². The Labute approximate surface area is 148 Å². The molecule has 0 unspecified atom stereocenters. The third kappa shape index (κ3) is 4.21. The van der Waals surface area contributed by atoms with Gasteiger partial charge in [-0.2, -0.15) is 5.10 Å². The number of nitrogens with one attached hydrogen (secondary N) is 2. The van der Waals surface area contributed by atoms with Crippen LogP contribution >= 0.6 is 0 Å². The fourth-order valence-electron chi connectivity index (χ4n) is 2.46. The van der Waals surface area contributed by atoms with Gasteiger partial charge in [0.05, 0.1) is 11.9 Å². The molecule has 2 amide bonds. The lowest BCUT2D eigenvalue weighted by atomic mass is 10.1. The first-order chi connectivity index (χ1) is 12.5. The van der Waals surface area contributed by atoms with Gasteiger partial charge in [0.25, 0.3) is 0 Å². The summed E-state index contributed by atoms with van der Waals surface area (Å²) >= 11 is 0. The van der Waals surface area contributed by atoms with Crippen LogP contribution in [0.1, 0.15) is 11.1 Å².